The van der Waals surface area contributed by atoms with Crippen LogP contribution >= 0.6 is 0 Å². The highest BCUT2D eigenvalue weighted by atomic mass is 19.4. The van der Waals surface area contributed by atoms with Crippen LogP contribution in [0.25, 0.3) is 0 Å². The molecule has 1 aliphatic rings. The fourth-order valence-electron chi connectivity index (χ4n) is 2.24. The number of hydrogen-bond donors (Lipinski definition) is 2. The summed E-state index contributed by atoms with van der Waals surface area (Å²) < 4.78 is 41.0. The summed E-state index contributed by atoms with van der Waals surface area (Å²) in [4.78, 5) is 23.3. The van der Waals surface area contributed by atoms with Crippen LogP contribution in [0.1, 0.15) is 29.6 Å². The van der Waals surface area contributed by atoms with Gasteiger partial charge in [-0.05, 0) is 31.0 Å². The van der Waals surface area contributed by atoms with Crippen molar-refractivity contribution in [2.75, 3.05) is 13.2 Å². The van der Waals surface area contributed by atoms with Crippen molar-refractivity contribution >= 4 is 11.8 Å². The standard InChI is InChI=1S/C15H17F3N2O3/c16-15(17,18)9-23-12-5-1-3-10(7-12)14(22)19-8-11-4-2-6-13(21)20-11/h1,3,5,7,11H,2,4,6,8-9H2,(H,19,22)(H,20,21)/t11-/m1/s1. The van der Waals surface area contributed by atoms with E-state index in [0.717, 1.165) is 12.8 Å². The van der Waals surface area contributed by atoms with Crippen molar-refractivity contribution in [3.63, 3.8) is 0 Å². The lowest BCUT2D eigenvalue weighted by atomic mass is 10.0. The van der Waals surface area contributed by atoms with Crippen molar-refractivity contribution in [3.8, 4) is 5.75 Å². The molecule has 23 heavy (non-hydrogen) atoms. The zero-order valence-corrected chi connectivity index (χ0v) is 12.3. The van der Waals surface area contributed by atoms with E-state index >= 15 is 0 Å². The molecule has 8 heteroatoms. The zero-order chi connectivity index (χ0) is 16.9. The summed E-state index contributed by atoms with van der Waals surface area (Å²) in [6.45, 7) is -1.13. The highest BCUT2D eigenvalue weighted by molar-refractivity contribution is 5.94. The number of nitrogens with one attached hydrogen (secondary N) is 2. The Bertz CT molecular complexity index is 575. The van der Waals surface area contributed by atoms with Crippen LogP contribution in [0.3, 0.4) is 0 Å². The van der Waals surface area contributed by atoms with Crippen molar-refractivity contribution in [2.24, 2.45) is 0 Å². The van der Waals surface area contributed by atoms with Crippen molar-refractivity contribution in [2.45, 2.75) is 31.5 Å². The maximum Gasteiger partial charge on any atom is 0.422 e. The van der Waals surface area contributed by atoms with Crippen molar-refractivity contribution in [3.05, 3.63) is 29.8 Å². The quantitative estimate of drug-likeness (QED) is 0.868. The Hall–Kier alpha value is -2.25. The van der Waals surface area contributed by atoms with Crippen LogP contribution in [0, 0.1) is 0 Å². The molecule has 1 atom stereocenters. The van der Waals surface area contributed by atoms with Crippen LogP contribution in [0.2, 0.25) is 0 Å². The number of benzene rings is 1. The largest absolute Gasteiger partial charge is 0.484 e. The van der Waals surface area contributed by atoms with E-state index in [9.17, 15) is 22.8 Å². The molecule has 1 fully saturated rings. The van der Waals surface area contributed by atoms with Crippen LogP contribution in [0.15, 0.2) is 24.3 Å². The first-order chi connectivity index (χ1) is 10.8. The average Bonchev–Trinajstić information content (AvgIpc) is 2.50. The van der Waals surface area contributed by atoms with Gasteiger partial charge in [-0.15, -0.1) is 0 Å². The molecule has 1 saturated heterocycles. The average molecular weight is 330 g/mol. The fourth-order valence-corrected chi connectivity index (χ4v) is 2.24. The highest BCUT2D eigenvalue weighted by Crippen LogP contribution is 2.19. The summed E-state index contributed by atoms with van der Waals surface area (Å²) in [5.74, 6) is -0.499. The van der Waals surface area contributed by atoms with Gasteiger partial charge in [-0.1, -0.05) is 6.07 Å². The number of ether oxygens (including phenoxy) is 1. The summed E-state index contributed by atoms with van der Waals surface area (Å²) in [7, 11) is 0. The van der Waals surface area contributed by atoms with E-state index in [4.69, 9.17) is 0 Å². The molecule has 2 rings (SSSR count). The number of rotatable bonds is 5. The van der Waals surface area contributed by atoms with Crippen LogP contribution < -0.4 is 15.4 Å². The van der Waals surface area contributed by atoms with E-state index in [1.807, 2.05) is 0 Å². The summed E-state index contributed by atoms with van der Waals surface area (Å²) in [6.07, 6.45) is -2.39. The van der Waals surface area contributed by atoms with Gasteiger partial charge in [-0.25, -0.2) is 0 Å². The van der Waals surface area contributed by atoms with Crippen LogP contribution in [0.5, 0.6) is 5.75 Å². The number of carbonyl (C=O) groups excluding carboxylic acids is 2. The first kappa shape index (κ1) is 17.1. The van der Waals surface area contributed by atoms with Crippen molar-refractivity contribution in [1.29, 1.82) is 0 Å². The number of piperidine rings is 1. The molecule has 1 aromatic rings. The number of hydrogen-bond acceptors (Lipinski definition) is 3. The molecule has 0 radical (unpaired) electrons. The summed E-state index contributed by atoms with van der Waals surface area (Å²) in [6, 6.07) is 5.41. The Labute approximate surface area is 131 Å². The SMILES string of the molecule is O=C1CCC[C@H](CNC(=O)c2cccc(OCC(F)(F)F)c2)N1. The molecule has 0 aliphatic carbocycles. The smallest absolute Gasteiger partial charge is 0.422 e. The van der Waals surface area contributed by atoms with E-state index in [1.165, 1.54) is 24.3 Å². The van der Waals surface area contributed by atoms with Gasteiger partial charge >= 0.3 is 6.18 Å². The number of amides is 2. The second-order valence-corrected chi connectivity index (χ2v) is 5.30. The molecule has 0 bridgehead atoms. The fraction of sp³-hybridized carbons (Fsp3) is 0.467. The maximum atomic E-state index is 12.1. The lowest BCUT2D eigenvalue weighted by Gasteiger charge is -2.23. The normalized spacial score (nSPS) is 18.2. The van der Waals surface area contributed by atoms with Gasteiger partial charge in [0.25, 0.3) is 5.91 Å². The molecule has 0 saturated carbocycles. The van der Waals surface area contributed by atoms with E-state index in [2.05, 4.69) is 15.4 Å². The lowest BCUT2D eigenvalue weighted by molar-refractivity contribution is -0.153. The Morgan fingerprint density at radius 1 is 1.39 bits per heavy atom. The molecular weight excluding hydrogens is 313 g/mol. The predicted molar refractivity (Wildman–Crippen MR) is 76.1 cm³/mol. The van der Waals surface area contributed by atoms with Gasteiger partial charge in [0.1, 0.15) is 5.75 Å². The third-order valence-electron chi connectivity index (χ3n) is 3.33. The van der Waals surface area contributed by atoms with Crippen molar-refractivity contribution < 1.29 is 27.5 Å². The Balaban J connectivity index is 1.87. The summed E-state index contributed by atoms with van der Waals surface area (Å²) >= 11 is 0. The molecular formula is C15H17F3N2O3. The molecule has 1 aromatic carbocycles. The third-order valence-corrected chi connectivity index (χ3v) is 3.33. The second-order valence-electron chi connectivity index (χ2n) is 5.30. The Morgan fingerprint density at radius 2 is 2.17 bits per heavy atom. The molecule has 2 N–H and O–H groups in total. The number of halogens is 3. The van der Waals surface area contributed by atoms with Gasteiger partial charge in [0.2, 0.25) is 5.91 Å². The van der Waals surface area contributed by atoms with Crippen molar-refractivity contribution in [1.82, 2.24) is 10.6 Å². The molecule has 1 heterocycles. The molecule has 0 unspecified atom stereocenters. The first-order valence-electron chi connectivity index (χ1n) is 7.21. The Morgan fingerprint density at radius 3 is 2.87 bits per heavy atom. The van der Waals surface area contributed by atoms with E-state index < -0.39 is 18.7 Å². The maximum absolute atomic E-state index is 12.1. The Kier molecular flexibility index (Phi) is 5.46. The van der Waals surface area contributed by atoms with Gasteiger partial charge < -0.3 is 15.4 Å². The molecule has 5 nitrogen and oxygen atoms in total. The van der Waals surface area contributed by atoms with Gasteiger partial charge in [0, 0.05) is 24.6 Å². The minimum atomic E-state index is -4.43. The van der Waals surface area contributed by atoms with E-state index in [-0.39, 0.29) is 29.8 Å². The van der Waals surface area contributed by atoms with Gasteiger partial charge in [-0.2, -0.15) is 13.2 Å². The monoisotopic (exact) mass is 330 g/mol. The van der Waals surface area contributed by atoms with Gasteiger partial charge in [-0.3, -0.25) is 9.59 Å². The third kappa shape index (κ3) is 5.80. The lowest BCUT2D eigenvalue weighted by Crippen LogP contribution is -2.46. The minimum absolute atomic E-state index is 0.0269. The first-order valence-corrected chi connectivity index (χ1v) is 7.21. The molecule has 126 valence electrons. The zero-order valence-electron chi connectivity index (χ0n) is 12.3. The van der Waals surface area contributed by atoms with Gasteiger partial charge in [0.05, 0.1) is 0 Å². The predicted octanol–water partition coefficient (Wildman–Crippen LogP) is 2.03. The highest BCUT2D eigenvalue weighted by Gasteiger charge is 2.28. The molecule has 2 amide bonds. The minimum Gasteiger partial charge on any atom is -0.484 e. The molecule has 0 aromatic heterocycles. The van der Waals surface area contributed by atoms with Crippen LogP contribution in [-0.4, -0.2) is 37.2 Å². The second kappa shape index (κ2) is 7.34. The number of alkyl halides is 3. The molecule has 1 aliphatic heterocycles. The van der Waals surface area contributed by atoms with Crippen LogP contribution in [-0.2, 0) is 4.79 Å². The van der Waals surface area contributed by atoms with Gasteiger partial charge in [0.15, 0.2) is 6.61 Å². The van der Waals surface area contributed by atoms with E-state index in [0.29, 0.717) is 6.42 Å². The number of carbonyl (C=O) groups is 2. The topological polar surface area (TPSA) is 67.4 Å². The van der Waals surface area contributed by atoms with Crippen LogP contribution in [0.4, 0.5) is 13.2 Å². The molecule has 0 spiro atoms. The summed E-state index contributed by atoms with van der Waals surface area (Å²) in [5, 5.41) is 5.43. The van der Waals surface area contributed by atoms with E-state index in [1.54, 1.807) is 0 Å². The summed E-state index contributed by atoms with van der Waals surface area (Å²) in [5.41, 5.74) is 0.201.